The van der Waals surface area contributed by atoms with Crippen molar-refractivity contribution in [2.24, 2.45) is 0 Å². The summed E-state index contributed by atoms with van der Waals surface area (Å²) in [5.41, 5.74) is 1.22. The highest BCUT2D eigenvalue weighted by atomic mass is 35.5. The normalized spacial score (nSPS) is 23.6. The van der Waals surface area contributed by atoms with Crippen molar-refractivity contribution in [3.05, 3.63) is 39.8 Å². The Morgan fingerprint density at radius 1 is 1.37 bits per heavy atom. The summed E-state index contributed by atoms with van der Waals surface area (Å²) in [4.78, 5) is 10.7. The van der Waals surface area contributed by atoms with Crippen LogP contribution in [-0.2, 0) is 4.74 Å². The van der Waals surface area contributed by atoms with E-state index < -0.39 is 0 Å². The summed E-state index contributed by atoms with van der Waals surface area (Å²) in [5.74, 6) is 0.708. The third-order valence-corrected chi connectivity index (χ3v) is 3.96. The van der Waals surface area contributed by atoms with Crippen LogP contribution in [0.4, 0.5) is 5.95 Å². The molecule has 0 radical (unpaired) electrons. The molecule has 4 nitrogen and oxygen atoms in total. The Hall–Kier alpha value is -1.17. The van der Waals surface area contributed by atoms with Gasteiger partial charge in [0, 0.05) is 6.54 Å². The Kier molecular flexibility index (Phi) is 3.68. The molecule has 0 bridgehead atoms. The summed E-state index contributed by atoms with van der Waals surface area (Å²) in [7, 11) is 0. The number of anilines is 1. The maximum atomic E-state index is 5.99. The molecular weight excluding hydrogens is 282 g/mol. The molecule has 0 unspecified atom stereocenters. The number of nitrogens with zero attached hydrogens (tertiary/aromatic N) is 3. The summed E-state index contributed by atoms with van der Waals surface area (Å²) in [6.45, 7) is 3.63. The molecule has 0 amide bonds. The van der Waals surface area contributed by atoms with Crippen LogP contribution >= 0.6 is 22.9 Å². The lowest BCUT2D eigenvalue weighted by molar-refractivity contribution is -0.0176. The van der Waals surface area contributed by atoms with Gasteiger partial charge in [0.1, 0.15) is 6.10 Å². The molecule has 2 aromatic heterocycles. The standard InChI is InChI=1S/C13H14ClN3OS/c1-9-6-17(13-15-4-11(14)5-16-13)7-12(18-9)10-2-3-19-8-10/h2-5,8-9,12H,6-7H2,1H3/t9-,12-/m0/s1. The molecule has 3 rings (SSSR count). The number of halogens is 1. The van der Waals surface area contributed by atoms with E-state index >= 15 is 0 Å². The average molecular weight is 296 g/mol. The molecule has 0 aliphatic carbocycles. The van der Waals surface area contributed by atoms with Gasteiger partial charge >= 0.3 is 0 Å². The average Bonchev–Trinajstić information content (AvgIpc) is 2.93. The minimum Gasteiger partial charge on any atom is -0.367 e. The van der Waals surface area contributed by atoms with Crippen LogP contribution in [0.1, 0.15) is 18.6 Å². The maximum absolute atomic E-state index is 5.99. The summed E-state index contributed by atoms with van der Waals surface area (Å²) >= 11 is 7.51. The Morgan fingerprint density at radius 3 is 2.84 bits per heavy atom. The van der Waals surface area contributed by atoms with Crippen LogP contribution in [0.15, 0.2) is 29.2 Å². The highest BCUT2D eigenvalue weighted by Gasteiger charge is 2.28. The Balaban J connectivity index is 1.80. The first-order chi connectivity index (χ1) is 9.22. The highest BCUT2D eigenvalue weighted by Crippen LogP contribution is 2.28. The van der Waals surface area contributed by atoms with E-state index in [0.29, 0.717) is 11.0 Å². The zero-order valence-electron chi connectivity index (χ0n) is 10.5. The summed E-state index contributed by atoms with van der Waals surface area (Å²) in [6.07, 6.45) is 3.49. The van der Waals surface area contributed by atoms with Gasteiger partial charge in [0.2, 0.25) is 5.95 Å². The second kappa shape index (κ2) is 5.45. The molecule has 0 spiro atoms. The highest BCUT2D eigenvalue weighted by molar-refractivity contribution is 7.07. The zero-order chi connectivity index (χ0) is 13.2. The van der Waals surface area contributed by atoms with E-state index in [-0.39, 0.29) is 12.2 Å². The Bertz CT molecular complexity index is 531. The smallest absolute Gasteiger partial charge is 0.225 e. The first kappa shape index (κ1) is 12.8. The van der Waals surface area contributed by atoms with Crippen molar-refractivity contribution in [2.45, 2.75) is 19.1 Å². The molecule has 0 saturated carbocycles. The molecule has 2 atom stereocenters. The SMILES string of the molecule is C[C@H]1CN(c2ncc(Cl)cn2)C[C@@H](c2ccsc2)O1. The summed E-state index contributed by atoms with van der Waals surface area (Å²) in [6, 6.07) is 2.11. The fourth-order valence-electron chi connectivity index (χ4n) is 2.23. The quantitative estimate of drug-likeness (QED) is 0.853. The molecule has 1 aliphatic rings. The van der Waals surface area contributed by atoms with Crippen LogP contribution in [0.25, 0.3) is 0 Å². The lowest BCUT2D eigenvalue weighted by Gasteiger charge is -2.36. The second-order valence-corrected chi connectivity index (χ2v) is 5.81. The van der Waals surface area contributed by atoms with Crippen molar-refractivity contribution in [1.29, 1.82) is 0 Å². The fraction of sp³-hybridized carbons (Fsp3) is 0.385. The molecule has 1 fully saturated rings. The van der Waals surface area contributed by atoms with Crippen LogP contribution in [0.2, 0.25) is 5.02 Å². The lowest BCUT2D eigenvalue weighted by atomic mass is 10.1. The van der Waals surface area contributed by atoms with E-state index in [2.05, 4.69) is 38.6 Å². The molecule has 3 heterocycles. The van der Waals surface area contributed by atoms with Crippen LogP contribution in [0.3, 0.4) is 0 Å². The van der Waals surface area contributed by atoms with Gasteiger partial charge in [0.25, 0.3) is 0 Å². The first-order valence-electron chi connectivity index (χ1n) is 6.12. The number of ether oxygens (including phenoxy) is 1. The predicted octanol–water partition coefficient (Wildman–Crippen LogP) is 3.16. The van der Waals surface area contributed by atoms with E-state index in [1.54, 1.807) is 23.7 Å². The number of hydrogen-bond donors (Lipinski definition) is 0. The van der Waals surface area contributed by atoms with E-state index in [1.807, 2.05) is 0 Å². The monoisotopic (exact) mass is 295 g/mol. The molecule has 1 aliphatic heterocycles. The van der Waals surface area contributed by atoms with Crippen molar-refractivity contribution in [2.75, 3.05) is 18.0 Å². The van der Waals surface area contributed by atoms with E-state index in [4.69, 9.17) is 16.3 Å². The van der Waals surface area contributed by atoms with Crippen LogP contribution in [0, 0.1) is 0 Å². The third kappa shape index (κ3) is 2.88. The largest absolute Gasteiger partial charge is 0.367 e. The zero-order valence-corrected chi connectivity index (χ0v) is 12.1. The van der Waals surface area contributed by atoms with Crippen LogP contribution in [0.5, 0.6) is 0 Å². The number of morpholine rings is 1. The van der Waals surface area contributed by atoms with Crippen molar-refractivity contribution >= 4 is 28.9 Å². The molecular formula is C13H14ClN3OS. The van der Waals surface area contributed by atoms with Gasteiger partial charge in [-0.25, -0.2) is 9.97 Å². The summed E-state index contributed by atoms with van der Waals surface area (Å²) < 4.78 is 5.99. The first-order valence-corrected chi connectivity index (χ1v) is 7.44. The Labute approximate surface area is 121 Å². The minimum atomic E-state index is 0.0780. The molecule has 6 heteroatoms. The van der Waals surface area contributed by atoms with Gasteiger partial charge in [-0.1, -0.05) is 11.6 Å². The van der Waals surface area contributed by atoms with Gasteiger partial charge < -0.3 is 9.64 Å². The molecule has 0 aromatic carbocycles. The van der Waals surface area contributed by atoms with Crippen molar-refractivity contribution in [1.82, 2.24) is 9.97 Å². The number of aromatic nitrogens is 2. The molecule has 2 aromatic rings. The number of rotatable bonds is 2. The molecule has 1 saturated heterocycles. The topological polar surface area (TPSA) is 38.2 Å². The van der Waals surface area contributed by atoms with E-state index in [9.17, 15) is 0 Å². The molecule has 100 valence electrons. The third-order valence-electron chi connectivity index (χ3n) is 3.06. The van der Waals surface area contributed by atoms with Gasteiger partial charge in [-0.15, -0.1) is 0 Å². The predicted molar refractivity (Wildman–Crippen MR) is 76.9 cm³/mol. The van der Waals surface area contributed by atoms with Crippen LogP contribution < -0.4 is 4.90 Å². The van der Waals surface area contributed by atoms with Gasteiger partial charge in [0.05, 0.1) is 30.1 Å². The van der Waals surface area contributed by atoms with Crippen LogP contribution in [-0.4, -0.2) is 29.2 Å². The molecule has 19 heavy (non-hydrogen) atoms. The van der Waals surface area contributed by atoms with Crippen molar-refractivity contribution in [3.8, 4) is 0 Å². The van der Waals surface area contributed by atoms with E-state index in [0.717, 1.165) is 13.1 Å². The van der Waals surface area contributed by atoms with Gasteiger partial charge in [-0.2, -0.15) is 11.3 Å². The number of hydrogen-bond acceptors (Lipinski definition) is 5. The molecule has 0 N–H and O–H groups in total. The number of thiophene rings is 1. The van der Waals surface area contributed by atoms with Gasteiger partial charge in [-0.05, 0) is 29.3 Å². The van der Waals surface area contributed by atoms with Crippen molar-refractivity contribution in [3.63, 3.8) is 0 Å². The Morgan fingerprint density at radius 2 is 2.16 bits per heavy atom. The van der Waals surface area contributed by atoms with Gasteiger partial charge in [-0.3, -0.25) is 0 Å². The maximum Gasteiger partial charge on any atom is 0.225 e. The minimum absolute atomic E-state index is 0.0780. The second-order valence-electron chi connectivity index (χ2n) is 4.60. The van der Waals surface area contributed by atoms with E-state index in [1.165, 1.54) is 5.56 Å². The summed E-state index contributed by atoms with van der Waals surface area (Å²) in [5, 5.41) is 4.75. The van der Waals surface area contributed by atoms with Gasteiger partial charge in [0.15, 0.2) is 0 Å². The lowest BCUT2D eigenvalue weighted by Crippen LogP contribution is -2.43. The van der Waals surface area contributed by atoms with Crippen molar-refractivity contribution < 1.29 is 4.74 Å². The fourth-order valence-corrected chi connectivity index (χ4v) is 3.03.